The van der Waals surface area contributed by atoms with Crippen LogP contribution in [0.3, 0.4) is 0 Å². The maximum Gasteiger partial charge on any atom is 0.0573 e. The number of likely N-dealkylation sites (tertiary alicyclic amines) is 1. The average molecular weight is 234 g/mol. The van der Waals surface area contributed by atoms with Gasteiger partial charge >= 0.3 is 0 Å². The van der Waals surface area contributed by atoms with Gasteiger partial charge in [0.15, 0.2) is 0 Å². The molecule has 0 bridgehead atoms. The first-order chi connectivity index (χ1) is 8.31. The molecule has 1 aliphatic rings. The van der Waals surface area contributed by atoms with Gasteiger partial charge in [0.2, 0.25) is 0 Å². The number of piperidine rings is 1. The van der Waals surface area contributed by atoms with E-state index in [1.165, 1.54) is 30.5 Å². The molecule has 17 heavy (non-hydrogen) atoms. The van der Waals surface area contributed by atoms with Crippen molar-refractivity contribution in [1.29, 1.82) is 0 Å². The summed E-state index contributed by atoms with van der Waals surface area (Å²) < 4.78 is 0. The van der Waals surface area contributed by atoms with E-state index in [0.29, 0.717) is 12.6 Å². The Morgan fingerprint density at radius 3 is 3.12 bits per heavy atom. The van der Waals surface area contributed by atoms with Crippen LogP contribution in [0.5, 0.6) is 0 Å². The van der Waals surface area contributed by atoms with E-state index in [1.807, 2.05) is 12.3 Å². The molecule has 1 aromatic heterocycles. The van der Waals surface area contributed by atoms with Gasteiger partial charge in [-0.1, -0.05) is 12.5 Å². The molecule has 1 atom stereocenters. The molecule has 3 nitrogen and oxygen atoms in total. The Morgan fingerprint density at radius 1 is 1.47 bits per heavy atom. The molecular weight excluding hydrogens is 212 g/mol. The highest BCUT2D eigenvalue weighted by Crippen LogP contribution is 2.21. The summed E-state index contributed by atoms with van der Waals surface area (Å²) in [5.74, 6) is 0. The maximum absolute atomic E-state index is 9.11. The number of nitrogens with zero attached hydrogens (tertiary/aromatic N) is 2. The minimum atomic E-state index is 0.294. The Bertz CT molecular complexity index is 352. The van der Waals surface area contributed by atoms with Crippen LogP contribution in [0.2, 0.25) is 0 Å². The van der Waals surface area contributed by atoms with Crippen molar-refractivity contribution in [1.82, 2.24) is 9.88 Å². The van der Waals surface area contributed by atoms with Gasteiger partial charge in [-0.25, -0.2) is 0 Å². The van der Waals surface area contributed by atoms with Crippen molar-refractivity contribution in [2.75, 3.05) is 13.2 Å². The van der Waals surface area contributed by atoms with Crippen molar-refractivity contribution < 1.29 is 5.11 Å². The molecule has 0 aliphatic carbocycles. The Kier molecular flexibility index (Phi) is 4.51. The van der Waals surface area contributed by atoms with E-state index < -0.39 is 0 Å². The van der Waals surface area contributed by atoms with Gasteiger partial charge in [-0.05, 0) is 44.4 Å². The molecule has 2 heterocycles. The highest BCUT2D eigenvalue weighted by atomic mass is 16.3. The van der Waals surface area contributed by atoms with Gasteiger partial charge in [-0.3, -0.25) is 9.88 Å². The van der Waals surface area contributed by atoms with E-state index in [4.69, 9.17) is 5.11 Å². The van der Waals surface area contributed by atoms with Gasteiger partial charge in [0.1, 0.15) is 0 Å². The summed E-state index contributed by atoms with van der Waals surface area (Å²) in [6.45, 7) is 4.48. The molecule has 1 N–H and O–H groups in total. The Labute approximate surface area is 103 Å². The number of rotatable bonds is 4. The van der Waals surface area contributed by atoms with E-state index in [0.717, 1.165) is 19.5 Å². The van der Waals surface area contributed by atoms with Crippen LogP contribution in [0.15, 0.2) is 18.3 Å². The van der Waals surface area contributed by atoms with Crippen LogP contribution in [-0.4, -0.2) is 34.2 Å². The third kappa shape index (κ3) is 3.27. The molecule has 0 radical (unpaired) electrons. The minimum absolute atomic E-state index is 0.294. The number of aliphatic hydroxyl groups excluding tert-OH is 1. The molecule has 1 saturated heterocycles. The van der Waals surface area contributed by atoms with E-state index in [2.05, 4.69) is 22.9 Å². The molecule has 0 saturated carbocycles. The molecule has 0 amide bonds. The van der Waals surface area contributed by atoms with E-state index in [-0.39, 0.29) is 0 Å². The standard InChI is InChI=1S/C14H22N2O/c1-12-5-4-8-15-14(12)11-16-9-3-2-6-13(16)7-10-17/h4-5,8,13,17H,2-3,6-7,9-11H2,1H3. The molecule has 0 spiro atoms. The van der Waals surface area contributed by atoms with Gasteiger partial charge in [-0.2, -0.15) is 0 Å². The lowest BCUT2D eigenvalue weighted by atomic mass is 9.99. The van der Waals surface area contributed by atoms with Crippen molar-refractivity contribution in [3.05, 3.63) is 29.6 Å². The number of hydrogen-bond acceptors (Lipinski definition) is 3. The highest BCUT2D eigenvalue weighted by molar-refractivity contribution is 5.17. The zero-order valence-electron chi connectivity index (χ0n) is 10.6. The molecule has 1 aromatic rings. The van der Waals surface area contributed by atoms with Gasteiger partial charge in [0.25, 0.3) is 0 Å². The summed E-state index contributed by atoms with van der Waals surface area (Å²) in [6.07, 6.45) is 6.54. The van der Waals surface area contributed by atoms with Gasteiger partial charge < -0.3 is 5.11 Å². The lowest BCUT2D eigenvalue weighted by Gasteiger charge is -2.35. The second-order valence-electron chi connectivity index (χ2n) is 4.90. The number of hydrogen-bond donors (Lipinski definition) is 1. The number of pyridine rings is 1. The zero-order chi connectivity index (χ0) is 12.1. The topological polar surface area (TPSA) is 36.4 Å². The SMILES string of the molecule is Cc1cccnc1CN1CCCCC1CCO. The molecule has 1 fully saturated rings. The molecule has 94 valence electrons. The molecule has 2 rings (SSSR count). The molecule has 3 heteroatoms. The third-order valence-electron chi connectivity index (χ3n) is 3.68. The largest absolute Gasteiger partial charge is 0.396 e. The predicted molar refractivity (Wildman–Crippen MR) is 68.7 cm³/mol. The Morgan fingerprint density at radius 2 is 2.35 bits per heavy atom. The lowest BCUT2D eigenvalue weighted by molar-refractivity contribution is 0.111. The van der Waals surface area contributed by atoms with Crippen molar-refractivity contribution >= 4 is 0 Å². The minimum Gasteiger partial charge on any atom is -0.396 e. The average Bonchev–Trinajstić information content (AvgIpc) is 2.35. The van der Waals surface area contributed by atoms with Crippen molar-refractivity contribution in [2.45, 2.75) is 45.2 Å². The maximum atomic E-state index is 9.11. The van der Waals surface area contributed by atoms with E-state index >= 15 is 0 Å². The van der Waals surface area contributed by atoms with E-state index in [1.54, 1.807) is 0 Å². The van der Waals surface area contributed by atoms with Crippen LogP contribution in [0.25, 0.3) is 0 Å². The van der Waals surface area contributed by atoms with Crippen molar-refractivity contribution in [2.24, 2.45) is 0 Å². The number of aromatic nitrogens is 1. The van der Waals surface area contributed by atoms with Gasteiger partial charge in [0, 0.05) is 25.4 Å². The van der Waals surface area contributed by atoms with Crippen molar-refractivity contribution in [3.63, 3.8) is 0 Å². The van der Waals surface area contributed by atoms with Gasteiger partial charge in [-0.15, -0.1) is 0 Å². The smallest absolute Gasteiger partial charge is 0.0573 e. The predicted octanol–water partition coefficient (Wildman–Crippen LogP) is 2.13. The van der Waals surface area contributed by atoms with E-state index in [9.17, 15) is 0 Å². The zero-order valence-corrected chi connectivity index (χ0v) is 10.6. The van der Waals surface area contributed by atoms with Gasteiger partial charge in [0.05, 0.1) is 5.69 Å². The first kappa shape index (κ1) is 12.5. The van der Waals surface area contributed by atoms with Crippen LogP contribution in [0, 0.1) is 6.92 Å². The summed E-state index contributed by atoms with van der Waals surface area (Å²) in [5, 5.41) is 9.11. The van der Waals surface area contributed by atoms with Crippen LogP contribution >= 0.6 is 0 Å². The van der Waals surface area contributed by atoms with Crippen molar-refractivity contribution in [3.8, 4) is 0 Å². The second-order valence-corrected chi connectivity index (χ2v) is 4.90. The number of aliphatic hydroxyl groups is 1. The summed E-state index contributed by atoms with van der Waals surface area (Å²) in [4.78, 5) is 6.94. The highest BCUT2D eigenvalue weighted by Gasteiger charge is 2.22. The molecule has 1 unspecified atom stereocenters. The summed E-state index contributed by atoms with van der Waals surface area (Å²) in [5.41, 5.74) is 2.44. The fraction of sp³-hybridized carbons (Fsp3) is 0.643. The first-order valence-corrected chi connectivity index (χ1v) is 6.56. The van der Waals surface area contributed by atoms with Crippen LogP contribution in [0.4, 0.5) is 0 Å². The fourth-order valence-corrected chi connectivity index (χ4v) is 2.62. The number of aryl methyl sites for hydroxylation is 1. The molecular formula is C14H22N2O. The fourth-order valence-electron chi connectivity index (χ4n) is 2.62. The summed E-state index contributed by atoms with van der Waals surface area (Å²) in [7, 11) is 0. The normalized spacial score (nSPS) is 21.6. The first-order valence-electron chi connectivity index (χ1n) is 6.56. The summed E-state index contributed by atoms with van der Waals surface area (Å²) in [6, 6.07) is 4.64. The molecule has 1 aliphatic heterocycles. The Hall–Kier alpha value is -0.930. The summed E-state index contributed by atoms with van der Waals surface area (Å²) >= 11 is 0. The lowest BCUT2D eigenvalue weighted by Crippen LogP contribution is -2.39. The second kappa shape index (κ2) is 6.12. The van der Waals surface area contributed by atoms with Crippen LogP contribution < -0.4 is 0 Å². The van der Waals surface area contributed by atoms with Crippen LogP contribution in [-0.2, 0) is 6.54 Å². The van der Waals surface area contributed by atoms with Crippen LogP contribution in [0.1, 0.15) is 36.9 Å². The third-order valence-corrected chi connectivity index (χ3v) is 3.68. The molecule has 0 aromatic carbocycles. The Balaban J connectivity index is 2.03. The quantitative estimate of drug-likeness (QED) is 0.867. The monoisotopic (exact) mass is 234 g/mol.